The molecule has 132 valence electrons. The van der Waals surface area contributed by atoms with Gasteiger partial charge in [0.15, 0.2) is 10.8 Å². The van der Waals surface area contributed by atoms with Gasteiger partial charge in [0.05, 0.1) is 5.69 Å². The summed E-state index contributed by atoms with van der Waals surface area (Å²) in [6.45, 7) is 3.50. The van der Waals surface area contributed by atoms with Gasteiger partial charge in [0, 0.05) is 44.3 Å². The number of halogens is 2. The third-order valence-electron chi connectivity index (χ3n) is 3.48. The van der Waals surface area contributed by atoms with Crippen molar-refractivity contribution in [1.82, 2.24) is 14.5 Å². The van der Waals surface area contributed by atoms with Crippen molar-refractivity contribution < 1.29 is 9.08 Å². The summed E-state index contributed by atoms with van der Waals surface area (Å²) in [7, 11) is 3.62. The highest BCUT2D eigenvalue weighted by molar-refractivity contribution is 6.32. The van der Waals surface area contributed by atoms with Crippen LogP contribution in [0, 0.1) is 13.8 Å². The molecule has 0 spiro atoms. The highest BCUT2D eigenvalue weighted by Crippen LogP contribution is 2.25. The van der Waals surface area contributed by atoms with Gasteiger partial charge in [0.25, 0.3) is 5.56 Å². The Bertz CT molecular complexity index is 905. The van der Waals surface area contributed by atoms with Gasteiger partial charge in [-0.2, -0.15) is 0 Å². The Balaban J connectivity index is 2.62. The topological polar surface area (TPSA) is 64.4 Å². The summed E-state index contributed by atoms with van der Waals surface area (Å²) in [5.74, 6) is -0.188. The maximum atomic E-state index is 12.6. The lowest BCUT2D eigenvalue weighted by Crippen LogP contribution is -2.22. The first kappa shape index (κ1) is 19.0. The lowest BCUT2D eigenvalue weighted by atomic mass is 10.1. The van der Waals surface area contributed by atoms with Crippen LogP contribution in [0.1, 0.15) is 21.7 Å². The normalized spacial score (nSPS) is 11.0. The first-order chi connectivity index (χ1) is 11.8. The number of pyridine rings is 2. The third-order valence-corrected chi connectivity index (χ3v) is 3.99. The third kappa shape index (κ3) is 4.03. The second-order valence-corrected chi connectivity index (χ2v) is 6.21. The minimum atomic E-state index is -0.492. The zero-order valence-electron chi connectivity index (χ0n) is 14.2. The number of hydrogen-bond acceptors (Lipinski definition) is 5. The number of nitrogens with zero attached hydrogens (tertiary/aromatic N) is 3. The van der Waals surface area contributed by atoms with E-state index in [1.165, 1.54) is 16.8 Å². The molecule has 8 heteroatoms. The summed E-state index contributed by atoms with van der Waals surface area (Å²) in [5, 5.41) is -0.141. The SMILES string of the molecule is Cc1cnc(C(=O)/C=C/N(C)C)cc1-n1c(C)cc(OCl)c(Cl)c1=O. The number of allylic oxidation sites excluding steroid dienone is 1. The van der Waals surface area contributed by atoms with Crippen LogP contribution >= 0.6 is 23.5 Å². The molecule has 0 N–H and O–H groups in total. The van der Waals surface area contributed by atoms with E-state index in [0.717, 1.165) is 0 Å². The van der Waals surface area contributed by atoms with Crippen molar-refractivity contribution in [3.63, 3.8) is 0 Å². The Hall–Kier alpha value is -2.31. The van der Waals surface area contributed by atoms with Crippen molar-refractivity contribution in [2.75, 3.05) is 14.1 Å². The lowest BCUT2D eigenvalue weighted by molar-refractivity contribution is 0.104. The van der Waals surface area contributed by atoms with E-state index in [0.29, 0.717) is 16.9 Å². The van der Waals surface area contributed by atoms with Crippen LogP contribution in [0.3, 0.4) is 0 Å². The highest BCUT2D eigenvalue weighted by Gasteiger charge is 2.17. The predicted octanol–water partition coefficient (Wildman–Crippen LogP) is 3.29. The van der Waals surface area contributed by atoms with Gasteiger partial charge in [-0.05, 0) is 25.5 Å². The van der Waals surface area contributed by atoms with E-state index in [-0.39, 0.29) is 22.2 Å². The molecular weight excluding hydrogens is 365 g/mol. The van der Waals surface area contributed by atoms with E-state index >= 15 is 0 Å². The number of rotatable bonds is 5. The van der Waals surface area contributed by atoms with Crippen molar-refractivity contribution in [1.29, 1.82) is 0 Å². The first-order valence-electron chi connectivity index (χ1n) is 7.33. The van der Waals surface area contributed by atoms with Gasteiger partial charge in [0.2, 0.25) is 5.78 Å². The molecule has 0 bridgehead atoms. The molecule has 0 aliphatic carbocycles. The van der Waals surface area contributed by atoms with Gasteiger partial charge >= 0.3 is 0 Å². The van der Waals surface area contributed by atoms with Crippen molar-refractivity contribution >= 4 is 29.3 Å². The van der Waals surface area contributed by atoms with E-state index in [1.807, 2.05) is 14.1 Å². The largest absolute Gasteiger partial charge is 0.384 e. The summed E-state index contributed by atoms with van der Waals surface area (Å²) in [4.78, 5) is 30.7. The number of carbonyl (C=O) groups excluding carboxylic acids is 1. The monoisotopic (exact) mass is 381 g/mol. The summed E-state index contributed by atoms with van der Waals surface area (Å²) < 4.78 is 5.98. The van der Waals surface area contributed by atoms with Gasteiger partial charge in [-0.3, -0.25) is 19.1 Å². The number of aryl methyl sites for hydroxylation is 2. The Morgan fingerprint density at radius 3 is 2.60 bits per heavy atom. The zero-order valence-corrected chi connectivity index (χ0v) is 15.7. The number of carbonyl (C=O) groups is 1. The average Bonchev–Trinajstić information content (AvgIpc) is 2.57. The fourth-order valence-electron chi connectivity index (χ4n) is 2.23. The fourth-order valence-corrected chi connectivity index (χ4v) is 2.57. The van der Waals surface area contributed by atoms with Crippen molar-refractivity contribution in [2.24, 2.45) is 0 Å². The first-order valence-corrected chi connectivity index (χ1v) is 8.01. The molecule has 0 atom stereocenters. The second-order valence-electron chi connectivity index (χ2n) is 5.68. The standard InChI is InChI=1S/C17H17Cl2N3O3/c1-10-9-20-12(14(23)5-6-21(3)4)8-13(10)22-11(2)7-15(25-19)16(18)17(22)24/h5-9H,1-4H3/b6-5+. The van der Waals surface area contributed by atoms with Crippen LogP contribution in [-0.4, -0.2) is 34.3 Å². The lowest BCUT2D eigenvalue weighted by Gasteiger charge is -2.15. The molecule has 2 aromatic rings. The van der Waals surface area contributed by atoms with Gasteiger partial charge < -0.3 is 9.19 Å². The summed E-state index contributed by atoms with van der Waals surface area (Å²) in [5.41, 5.74) is 1.52. The number of hydrogen-bond donors (Lipinski definition) is 0. The Morgan fingerprint density at radius 1 is 1.32 bits per heavy atom. The van der Waals surface area contributed by atoms with Crippen LogP contribution in [0.4, 0.5) is 0 Å². The highest BCUT2D eigenvalue weighted by atomic mass is 35.5. The quantitative estimate of drug-likeness (QED) is 0.587. The van der Waals surface area contributed by atoms with Gasteiger partial charge in [0.1, 0.15) is 17.6 Å². The van der Waals surface area contributed by atoms with Crippen LogP contribution in [0.25, 0.3) is 5.69 Å². The number of ketones is 1. The van der Waals surface area contributed by atoms with Crippen LogP contribution < -0.4 is 9.85 Å². The van der Waals surface area contributed by atoms with E-state index in [1.54, 1.807) is 37.1 Å². The Kier molecular flexibility index (Phi) is 5.87. The molecule has 2 heterocycles. The second kappa shape index (κ2) is 7.72. The molecule has 0 aliphatic rings. The van der Waals surface area contributed by atoms with Gasteiger partial charge in [-0.1, -0.05) is 11.6 Å². The zero-order chi connectivity index (χ0) is 18.7. The molecule has 6 nitrogen and oxygen atoms in total. The molecule has 0 saturated heterocycles. The minimum Gasteiger partial charge on any atom is -0.384 e. The van der Waals surface area contributed by atoms with Crippen LogP contribution in [0.5, 0.6) is 5.75 Å². The molecule has 0 unspecified atom stereocenters. The van der Waals surface area contributed by atoms with E-state index in [2.05, 4.69) is 9.27 Å². The molecule has 0 saturated carbocycles. The van der Waals surface area contributed by atoms with Crippen molar-refractivity contribution in [3.8, 4) is 11.4 Å². The minimum absolute atomic E-state index is 0.0824. The van der Waals surface area contributed by atoms with Crippen molar-refractivity contribution in [3.05, 3.63) is 62.9 Å². The smallest absolute Gasteiger partial charge is 0.277 e. The van der Waals surface area contributed by atoms with Gasteiger partial charge in [-0.15, -0.1) is 0 Å². The number of aromatic nitrogens is 2. The van der Waals surface area contributed by atoms with E-state index in [9.17, 15) is 9.59 Å². The molecule has 2 aromatic heterocycles. The van der Waals surface area contributed by atoms with E-state index < -0.39 is 5.56 Å². The molecule has 0 aliphatic heterocycles. The van der Waals surface area contributed by atoms with Gasteiger partial charge in [-0.25, -0.2) is 0 Å². The molecule has 25 heavy (non-hydrogen) atoms. The molecule has 0 radical (unpaired) electrons. The van der Waals surface area contributed by atoms with Crippen LogP contribution in [0.15, 0.2) is 35.4 Å². The van der Waals surface area contributed by atoms with Crippen molar-refractivity contribution in [2.45, 2.75) is 13.8 Å². The Morgan fingerprint density at radius 2 is 2.00 bits per heavy atom. The fraction of sp³-hybridized carbons (Fsp3) is 0.235. The maximum Gasteiger partial charge on any atom is 0.277 e. The maximum absolute atomic E-state index is 12.6. The average molecular weight is 382 g/mol. The molecular formula is C17H17Cl2N3O3. The van der Waals surface area contributed by atoms with Crippen LogP contribution in [0.2, 0.25) is 5.02 Å². The molecule has 2 rings (SSSR count). The Labute approximate surface area is 155 Å². The van der Waals surface area contributed by atoms with Crippen LogP contribution in [-0.2, 0) is 0 Å². The molecule has 0 amide bonds. The summed E-state index contributed by atoms with van der Waals surface area (Å²) in [6.07, 6.45) is 4.58. The molecule has 0 aromatic carbocycles. The summed E-state index contributed by atoms with van der Waals surface area (Å²) in [6, 6.07) is 3.10. The summed E-state index contributed by atoms with van der Waals surface area (Å²) >= 11 is 11.4. The van der Waals surface area contributed by atoms with E-state index in [4.69, 9.17) is 23.5 Å². The predicted molar refractivity (Wildman–Crippen MR) is 98.0 cm³/mol. The molecule has 0 fully saturated rings.